The van der Waals surface area contributed by atoms with Gasteiger partial charge in [0.25, 0.3) is 0 Å². The van der Waals surface area contributed by atoms with Gasteiger partial charge in [-0.1, -0.05) is 11.6 Å². The molecule has 0 atom stereocenters. The number of fused-ring (bicyclic) bond motifs is 1. The van der Waals surface area contributed by atoms with Crippen LogP contribution >= 0.6 is 11.6 Å². The molecule has 0 aliphatic carbocycles. The van der Waals surface area contributed by atoms with Crippen molar-refractivity contribution in [2.24, 2.45) is 5.92 Å². The maximum Gasteiger partial charge on any atom is 0.433 e. The lowest BCUT2D eigenvalue weighted by atomic mass is 9.95. The Morgan fingerprint density at radius 3 is 2.69 bits per heavy atom. The zero-order valence-electron chi connectivity index (χ0n) is 16.1. The number of rotatable bonds is 3. The van der Waals surface area contributed by atoms with Gasteiger partial charge in [-0.2, -0.15) is 13.2 Å². The predicted molar refractivity (Wildman–Crippen MR) is 103 cm³/mol. The Balaban J connectivity index is 1.35. The molecule has 0 saturated carbocycles. The Morgan fingerprint density at radius 1 is 1.28 bits per heavy atom. The summed E-state index contributed by atoms with van der Waals surface area (Å²) >= 11 is 6.27. The zero-order valence-corrected chi connectivity index (χ0v) is 16.8. The van der Waals surface area contributed by atoms with Gasteiger partial charge in [-0.25, -0.2) is 0 Å². The monoisotopic (exact) mass is 424 g/mol. The zero-order chi connectivity index (χ0) is 20.9. The van der Waals surface area contributed by atoms with Crippen molar-refractivity contribution in [2.75, 3.05) is 18.0 Å². The molecule has 1 saturated heterocycles. The van der Waals surface area contributed by atoms with Crippen LogP contribution in [0.4, 0.5) is 18.9 Å². The lowest BCUT2D eigenvalue weighted by Gasteiger charge is -2.41. The molecule has 1 fully saturated rings. The van der Waals surface area contributed by atoms with E-state index in [1.807, 2.05) is 18.7 Å². The van der Waals surface area contributed by atoms with Crippen molar-refractivity contribution < 1.29 is 18.0 Å². The summed E-state index contributed by atoms with van der Waals surface area (Å²) in [7, 11) is 0. The molecule has 0 spiro atoms. The Hall–Kier alpha value is -2.35. The molecule has 0 aromatic carbocycles. The van der Waals surface area contributed by atoms with Crippen molar-refractivity contribution in [1.82, 2.24) is 14.9 Å². The largest absolute Gasteiger partial charge is 0.433 e. The normalized spacial score (nSPS) is 16.8. The number of aromatic nitrogens is 2. The van der Waals surface area contributed by atoms with Crippen LogP contribution in [0.1, 0.15) is 34.6 Å². The van der Waals surface area contributed by atoms with Crippen LogP contribution in [0.2, 0.25) is 5.02 Å². The first-order chi connectivity index (χ1) is 13.6. The van der Waals surface area contributed by atoms with Gasteiger partial charge in [0.1, 0.15) is 5.69 Å². The van der Waals surface area contributed by atoms with Gasteiger partial charge in [-0.05, 0) is 37.1 Å². The molecule has 29 heavy (non-hydrogen) atoms. The third kappa shape index (κ3) is 3.77. The second kappa shape index (κ2) is 7.16. The summed E-state index contributed by atoms with van der Waals surface area (Å²) in [5.41, 5.74) is 3.22. The Bertz CT molecular complexity index is 973. The van der Waals surface area contributed by atoms with Gasteiger partial charge in [0.15, 0.2) is 0 Å². The topological polar surface area (TPSA) is 49.3 Å². The third-order valence-corrected chi connectivity index (χ3v) is 6.17. The van der Waals surface area contributed by atoms with E-state index in [4.69, 9.17) is 11.6 Å². The number of anilines is 1. The Kier molecular flexibility index (Phi) is 4.93. The van der Waals surface area contributed by atoms with Crippen molar-refractivity contribution in [3.63, 3.8) is 0 Å². The first-order valence-corrected chi connectivity index (χ1v) is 9.71. The number of pyridine rings is 2. The number of nitrogens with zero attached hydrogens (tertiary/aromatic N) is 4. The lowest BCUT2D eigenvalue weighted by molar-refractivity contribution is -0.141. The average molecular weight is 425 g/mol. The Morgan fingerprint density at radius 2 is 2.00 bits per heavy atom. The molecule has 2 aliphatic heterocycles. The quantitative estimate of drug-likeness (QED) is 0.743. The van der Waals surface area contributed by atoms with E-state index in [0.29, 0.717) is 43.3 Å². The number of hydrogen-bond donors (Lipinski definition) is 0. The van der Waals surface area contributed by atoms with Crippen LogP contribution in [-0.4, -0.2) is 33.9 Å². The van der Waals surface area contributed by atoms with Gasteiger partial charge in [0, 0.05) is 43.9 Å². The molecule has 9 heteroatoms. The molecule has 2 aliphatic rings. The number of halogens is 4. The van der Waals surface area contributed by atoms with Gasteiger partial charge in [0.05, 0.1) is 23.0 Å². The molecule has 1 amide bonds. The van der Waals surface area contributed by atoms with Crippen molar-refractivity contribution in [3.05, 3.63) is 51.6 Å². The first-order valence-electron chi connectivity index (χ1n) is 9.34. The molecule has 0 N–H and O–H groups in total. The minimum absolute atomic E-state index is 0.0338. The maximum absolute atomic E-state index is 12.8. The fourth-order valence-corrected chi connectivity index (χ4v) is 4.10. The van der Waals surface area contributed by atoms with E-state index in [0.717, 1.165) is 28.6 Å². The maximum atomic E-state index is 12.8. The van der Waals surface area contributed by atoms with Gasteiger partial charge < -0.3 is 9.80 Å². The molecule has 2 aromatic rings. The molecule has 4 heterocycles. The molecular weight excluding hydrogens is 405 g/mol. The summed E-state index contributed by atoms with van der Waals surface area (Å²) in [4.78, 5) is 24.2. The van der Waals surface area contributed by atoms with E-state index >= 15 is 0 Å². The van der Waals surface area contributed by atoms with Crippen LogP contribution in [0.3, 0.4) is 0 Å². The SMILES string of the molecule is Cc1nc2c(c(C)c1Cl)CN(C(=O)CC1CN(c3ccnc(C(F)(F)F)c3)C1)C2. The van der Waals surface area contributed by atoms with Crippen LogP contribution < -0.4 is 4.90 Å². The summed E-state index contributed by atoms with van der Waals surface area (Å²) in [6.45, 7) is 5.88. The van der Waals surface area contributed by atoms with Crippen LogP contribution in [0.5, 0.6) is 0 Å². The van der Waals surface area contributed by atoms with Crippen molar-refractivity contribution >= 4 is 23.2 Å². The second-order valence-corrected chi connectivity index (χ2v) is 8.06. The van der Waals surface area contributed by atoms with Gasteiger partial charge in [0.2, 0.25) is 5.91 Å². The summed E-state index contributed by atoms with van der Waals surface area (Å²) in [6.07, 6.45) is -2.93. The van der Waals surface area contributed by atoms with E-state index in [1.165, 1.54) is 6.20 Å². The van der Waals surface area contributed by atoms with E-state index in [2.05, 4.69) is 9.97 Å². The van der Waals surface area contributed by atoms with E-state index in [1.54, 1.807) is 11.0 Å². The third-order valence-electron chi connectivity index (χ3n) is 5.61. The van der Waals surface area contributed by atoms with E-state index < -0.39 is 11.9 Å². The number of carbonyl (C=O) groups is 1. The number of alkyl halides is 3. The molecule has 4 rings (SSSR count). The van der Waals surface area contributed by atoms with E-state index in [-0.39, 0.29) is 11.8 Å². The first kappa shape index (κ1) is 19.9. The van der Waals surface area contributed by atoms with Crippen LogP contribution in [0.15, 0.2) is 18.3 Å². The summed E-state index contributed by atoms with van der Waals surface area (Å²) < 4.78 is 38.5. The summed E-state index contributed by atoms with van der Waals surface area (Å²) in [5.74, 6) is 0.152. The molecule has 0 radical (unpaired) electrons. The van der Waals surface area contributed by atoms with Crippen LogP contribution in [0, 0.1) is 19.8 Å². The lowest BCUT2D eigenvalue weighted by Crippen LogP contribution is -2.48. The number of amides is 1. The van der Waals surface area contributed by atoms with Crippen molar-refractivity contribution in [2.45, 2.75) is 39.5 Å². The van der Waals surface area contributed by atoms with Gasteiger partial charge >= 0.3 is 6.18 Å². The fourth-order valence-electron chi connectivity index (χ4n) is 3.94. The molecular formula is C20H20ClF3N4O. The second-order valence-electron chi connectivity index (χ2n) is 7.68. The number of carbonyl (C=O) groups excluding carboxylic acids is 1. The molecule has 0 unspecified atom stereocenters. The number of aryl methyl sites for hydroxylation is 1. The standard InChI is InChI=1S/C20H20ClF3N4O/c1-11-15-9-28(10-16(15)26-12(2)19(11)21)18(29)5-13-7-27(8-13)14-3-4-25-17(6-14)20(22,23)24/h3-4,6,13H,5,7-10H2,1-2H3. The number of hydrogen-bond acceptors (Lipinski definition) is 4. The van der Waals surface area contributed by atoms with Crippen molar-refractivity contribution in [1.29, 1.82) is 0 Å². The molecule has 2 aromatic heterocycles. The fraction of sp³-hybridized carbons (Fsp3) is 0.450. The van der Waals surface area contributed by atoms with Gasteiger partial charge in [-0.3, -0.25) is 14.8 Å². The highest BCUT2D eigenvalue weighted by molar-refractivity contribution is 6.32. The highest BCUT2D eigenvalue weighted by Crippen LogP contribution is 2.34. The molecule has 154 valence electrons. The highest BCUT2D eigenvalue weighted by atomic mass is 35.5. The predicted octanol–water partition coefficient (Wildman–Crippen LogP) is 4.13. The minimum atomic E-state index is -4.46. The average Bonchev–Trinajstić information content (AvgIpc) is 3.06. The highest BCUT2D eigenvalue weighted by Gasteiger charge is 2.36. The summed E-state index contributed by atoms with van der Waals surface area (Å²) in [6, 6.07) is 2.61. The minimum Gasteiger partial charge on any atom is -0.371 e. The van der Waals surface area contributed by atoms with Gasteiger partial charge in [-0.15, -0.1) is 0 Å². The smallest absolute Gasteiger partial charge is 0.371 e. The van der Waals surface area contributed by atoms with Crippen molar-refractivity contribution in [3.8, 4) is 0 Å². The Labute approximate surface area is 171 Å². The van der Waals surface area contributed by atoms with Crippen LogP contribution in [0.25, 0.3) is 0 Å². The molecule has 0 bridgehead atoms. The summed E-state index contributed by atoms with van der Waals surface area (Å²) in [5, 5.41) is 0.642. The molecule has 5 nitrogen and oxygen atoms in total. The van der Waals surface area contributed by atoms with E-state index in [9.17, 15) is 18.0 Å². The van der Waals surface area contributed by atoms with Crippen LogP contribution in [-0.2, 0) is 24.1 Å².